The van der Waals surface area contributed by atoms with Gasteiger partial charge >= 0.3 is 0 Å². The van der Waals surface area contributed by atoms with Crippen molar-refractivity contribution >= 4 is 17.7 Å². The summed E-state index contributed by atoms with van der Waals surface area (Å²) < 4.78 is 0. The maximum absolute atomic E-state index is 13.2. The Morgan fingerprint density at radius 3 is 2.34 bits per heavy atom. The van der Waals surface area contributed by atoms with E-state index < -0.39 is 6.17 Å². The van der Waals surface area contributed by atoms with E-state index >= 15 is 0 Å². The van der Waals surface area contributed by atoms with Gasteiger partial charge in [0.25, 0.3) is 11.8 Å². The van der Waals surface area contributed by atoms with Gasteiger partial charge in [-0.05, 0) is 57.6 Å². The smallest absolute Gasteiger partial charge is 0.264 e. The Hall–Kier alpha value is -2.41. The fraction of sp³-hybridized carbons (Fsp3) is 0.591. The second-order valence-electron chi connectivity index (χ2n) is 8.67. The van der Waals surface area contributed by atoms with E-state index in [0.29, 0.717) is 18.7 Å². The van der Waals surface area contributed by atoms with E-state index in [9.17, 15) is 14.4 Å². The molecule has 29 heavy (non-hydrogen) atoms. The monoisotopic (exact) mass is 398 g/mol. The number of benzene rings is 1. The van der Waals surface area contributed by atoms with E-state index in [-0.39, 0.29) is 35.7 Å². The predicted octanol–water partition coefficient (Wildman–Crippen LogP) is 1.40. The van der Waals surface area contributed by atoms with Gasteiger partial charge in [0.15, 0.2) is 6.17 Å². The summed E-state index contributed by atoms with van der Waals surface area (Å²) in [5.74, 6) is -0.453. The molecule has 0 bridgehead atoms. The van der Waals surface area contributed by atoms with Crippen molar-refractivity contribution in [3.8, 4) is 0 Å². The van der Waals surface area contributed by atoms with Gasteiger partial charge in [-0.3, -0.25) is 14.4 Å². The van der Waals surface area contributed by atoms with Crippen LogP contribution in [-0.2, 0) is 9.59 Å². The average molecular weight is 399 g/mol. The van der Waals surface area contributed by atoms with Crippen LogP contribution in [0.3, 0.4) is 0 Å². The van der Waals surface area contributed by atoms with Gasteiger partial charge in [0.2, 0.25) is 5.91 Å². The van der Waals surface area contributed by atoms with Crippen molar-refractivity contribution < 1.29 is 14.4 Å². The number of carbonyl (C=O) groups excluding carboxylic acids is 3. The molecule has 0 radical (unpaired) electrons. The molecule has 1 saturated heterocycles. The number of nitrogens with zero attached hydrogens (tertiary/aromatic N) is 2. The van der Waals surface area contributed by atoms with Gasteiger partial charge in [-0.1, -0.05) is 17.7 Å². The van der Waals surface area contributed by atoms with Crippen LogP contribution in [0.25, 0.3) is 0 Å². The van der Waals surface area contributed by atoms with Crippen LogP contribution in [0.1, 0.15) is 54.4 Å². The Balaban J connectivity index is 1.54. The molecule has 3 N–H and O–H groups in total. The standard InChI is InChI=1S/C22H30N4O3/c1-14-3-2-4-16(13-14)22(29)26-12-11-25(21(28)15-5-6-15)20(26)19(27)24-18-9-7-17(23)8-10-18/h2-4,13,15,17-18,20H,5-12,23H2,1H3,(H,24,27). The minimum absolute atomic E-state index is 0.00430. The van der Waals surface area contributed by atoms with E-state index in [1.165, 1.54) is 0 Å². The molecular formula is C22H30N4O3. The zero-order valence-corrected chi connectivity index (χ0v) is 17.0. The molecule has 3 amide bonds. The molecule has 3 aliphatic rings. The van der Waals surface area contributed by atoms with Crippen LogP contribution in [-0.4, -0.2) is 58.9 Å². The molecule has 0 aromatic heterocycles. The van der Waals surface area contributed by atoms with Crippen molar-refractivity contribution in [2.24, 2.45) is 11.7 Å². The van der Waals surface area contributed by atoms with Gasteiger partial charge in [-0.15, -0.1) is 0 Å². The van der Waals surface area contributed by atoms with E-state index in [4.69, 9.17) is 5.73 Å². The number of hydrogen-bond donors (Lipinski definition) is 2. The maximum Gasteiger partial charge on any atom is 0.264 e. The van der Waals surface area contributed by atoms with Crippen molar-refractivity contribution in [2.75, 3.05) is 13.1 Å². The average Bonchev–Trinajstić information content (AvgIpc) is 3.46. The van der Waals surface area contributed by atoms with Crippen molar-refractivity contribution in [3.63, 3.8) is 0 Å². The van der Waals surface area contributed by atoms with Crippen molar-refractivity contribution in [2.45, 2.75) is 63.7 Å². The van der Waals surface area contributed by atoms with Crippen molar-refractivity contribution in [1.29, 1.82) is 0 Å². The second kappa shape index (κ2) is 8.14. The molecule has 156 valence electrons. The minimum Gasteiger partial charge on any atom is -0.350 e. The largest absolute Gasteiger partial charge is 0.350 e. The molecule has 1 atom stereocenters. The zero-order valence-electron chi connectivity index (χ0n) is 17.0. The van der Waals surface area contributed by atoms with Gasteiger partial charge in [0, 0.05) is 36.7 Å². The van der Waals surface area contributed by atoms with Gasteiger partial charge < -0.3 is 20.9 Å². The Bertz CT molecular complexity index is 799. The molecule has 7 heteroatoms. The molecule has 2 saturated carbocycles. The summed E-state index contributed by atoms with van der Waals surface area (Å²) in [4.78, 5) is 42.4. The van der Waals surface area contributed by atoms with E-state index in [1.54, 1.807) is 15.9 Å². The van der Waals surface area contributed by atoms with Crippen LogP contribution in [0.15, 0.2) is 24.3 Å². The van der Waals surface area contributed by atoms with E-state index in [2.05, 4.69) is 5.32 Å². The third-order valence-electron chi connectivity index (χ3n) is 6.26. The number of nitrogens with two attached hydrogens (primary N) is 1. The van der Waals surface area contributed by atoms with E-state index in [0.717, 1.165) is 44.1 Å². The number of aryl methyl sites for hydroxylation is 1. The first kappa shape index (κ1) is 19.9. The summed E-state index contributed by atoms with van der Waals surface area (Å²) in [6, 6.07) is 7.61. The van der Waals surface area contributed by atoms with Crippen LogP contribution in [0, 0.1) is 12.8 Å². The molecule has 3 fully saturated rings. The van der Waals surface area contributed by atoms with Crippen molar-refractivity contribution in [1.82, 2.24) is 15.1 Å². The van der Waals surface area contributed by atoms with Gasteiger partial charge in [-0.25, -0.2) is 0 Å². The van der Waals surface area contributed by atoms with Crippen LogP contribution in [0.4, 0.5) is 0 Å². The SMILES string of the molecule is Cc1cccc(C(=O)N2CCN(C(=O)C3CC3)C2C(=O)NC2CCC(N)CC2)c1. The number of hydrogen-bond acceptors (Lipinski definition) is 4. The highest BCUT2D eigenvalue weighted by molar-refractivity contribution is 5.99. The number of carbonyl (C=O) groups is 3. The van der Waals surface area contributed by atoms with E-state index in [1.807, 2.05) is 25.1 Å². The third kappa shape index (κ3) is 4.29. The van der Waals surface area contributed by atoms with Crippen LogP contribution in [0.2, 0.25) is 0 Å². The molecule has 2 aliphatic carbocycles. The molecule has 1 aromatic carbocycles. The number of amides is 3. The van der Waals surface area contributed by atoms with Gasteiger partial charge in [-0.2, -0.15) is 0 Å². The van der Waals surface area contributed by atoms with Crippen LogP contribution >= 0.6 is 0 Å². The normalized spacial score (nSPS) is 27.0. The first-order valence-electron chi connectivity index (χ1n) is 10.7. The summed E-state index contributed by atoms with van der Waals surface area (Å²) in [5.41, 5.74) is 7.51. The molecule has 4 rings (SSSR count). The highest BCUT2D eigenvalue weighted by atomic mass is 16.2. The molecule has 1 aromatic rings. The summed E-state index contributed by atoms with van der Waals surface area (Å²) in [6.45, 7) is 2.71. The molecular weight excluding hydrogens is 368 g/mol. The van der Waals surface area contributed by atoms with Crippen LogP contribution in [0.5, 0.6) is 0 Å². The van der Waals surface area contributed by atoms with Gasteiger partial charge in [0.05, 0.1) is 0 Å². The topological polar surface area (TPSA) is 95.7 Å². The Kier molecular flexibility index (Phi) is 5.58. The summed E-state index contributed by atoms with van der Waals surface area (Å²) in [7, 11) is 0. The Morgan fingerprint density at radius 2 is 1.69 bits per heavy atom. The lowest BCUT2D eigenvalue weighted by molar-refractivity contribution is -0.142. The summed E-state index contributed by atoms with van der Waals surface area (Å²) >= 11 is 0. The Labute approximate surface area is 171 Å². The maximum atomic E-state index is 13.2. The minimum atomic E-state index is -0.869. The summed E-state index contributed by atoms with van der Waals surface area (Å²) in [5, 5.41) is 3.09. The lowest BCUT2D eigenvalue weighted by Crippen LogP contribution is -2.56. The second-order valence-corrected chi connectivity index (χ2v) is 8.67. The summed E-state index contributed by atoms with van der Waals surface area (Å²) in [6.07, 6.45) is 4.31. The first-order chi connectivity index (χ1) is 13.9. The fourth-order valence-electron chi connectivity index (χ4n) is 4.40. The lowest BCUT2D eigenvalue weighted by Gasteiger charge is -2.33. The number of nitrogens with one attached hydrogen (secondary N) is 1. The quantitative estimate of drug-likeness (QED) is 0.801. The molecule has 1 heterocycles. The van der Waals surface area contributed by atoms with Crippen LogP contribution < -0.4 is 11.1 Å². The highest BCUT2D eigenvalue weighted by Crippen LogP contribution is 2.33. The number of rotatable bonds is 4. The highest BCUT2D eigenvalue weighted by Gasteiger charge is 2.46. The predicted molar refractivity (Wildman–Crippen MR) is 109 cm³/mol. The molecule has 1 aliphatic heterocycles. The zero-order chi connectivity index (χ0) is 20.5. The van der Waals surface area contributed by atoms with Crippen molar-refractivity contribution in [3.05, 3.63) is 35.4 Å². The first-order valence-corrected chi connectivity index (χ1v) is 10.7. The molecule has 7 nitrogen and oxygen atoms in total. The van der Waals surface area contributed by atoms with Gasteiger partial charge in [0.1, 0.15) is 0 Å². The Morgan fingerprint density at radius 1 is 1.00 bits per heavy atom. The lowest BCUT2D eigenvalue weighted by atomic mass is 9.92. The fourth-order valence-corrected chi connectivity index (χ4v) is 4.40. The molecule has 0 spiro atoms. The third-order valence-corrected chi connectivity index (χ3v) is 6.26. The molecule has 1 unspecified atom stereocenters.